The summed E-state index contributed by atoms with van der Waals surface area (Å²) < 4.78 is 4.85. The average molecular weight is 331 g/mol. The van der Waals surface area contributed by atoms with Crippen LogP contribution in [-0.4, -0.2) is 34.4 Å². The number of methoxy groups -OCH3 is 1. The molecule has 0 radical (unpaired) electrons. The number of phenolic OH excluding ortho intramolecular Hbond substituents is 2. The topological polar surface area (TPSA) is 134 Å². The van der Waals surface area contributed by atoms with E-state index in [9.17, 15) is 25.1 Å². The molecule has 1 amide bonds. The number of ether oxygens (including phenoxy) is 1. The lowest BCUT2D eigenvalue weighted by Crippen LogP contribution is -2.17. The second kappa shape index (κ2) is 7.09. The maximum absolute atomic E-state index is 11.9. The van der Waals surface area contributed by atoms with Crippen LogP contribution >= 0.6 is 0 Å². The Kier molecular flexibility index (Phi) is 4.95. The van der Waals surface area contributed by atoms with Gasteiger partial charge in [-0.1, -0.05) is 12.1 Å². The Morgan fingerprint density at radius 1 is 1.33 bits per heavy atom. The highest BCUT2D eigenvalue weighted by Crippen LogP contribution is 2.33. The van der Waals surface area contributed by atoms with Crippen molar-refractivity contribution in [3.05, 3.63) is 57.6 Å². The second-order valence-electron chi connectivity index (χ2n) is 4.56. The number of para-hydroxylation sites is 1. The lowest BCUT2D eigenvalue weighted by Gasteiger charge is -2.06. The molecule has 0 aliphatic heterocycles. The molecule has 2 aromatic carbocycles. The minimum atomic E-state index is -0.679. The number of benzene rings is 2. The van der Waals surface area contributed by atoms with Gasteiger partial charge in [0.05, 0.1) is 29.9 Å². The van der Waals surface area contributed by atoms with E-state index in [1.54, 1.807) is 12.1 Å². The largest absolute Gasteiger partial charge is 0.507 e. The molecule has 2 aromatic rings. The van der Waals surface area contributed by atoms with Crippen molar-refractivity contribution in [1.82, 2.24) is 5.43 Å². The molecule has 0 bridgehead atoms. The highest BCUT2D eigenvalue weighted by Gasteiger charge is 2.16. The minimum absolute atomic E-state index is 0.00972. The van der Waals surface area contributed by atoms with E-state index in [-0.39, 0.29) is 34.1 Å². The normalized spacial score (nSPS) is 10.5. The van der Waals surface area contributed by atoms with Crippen LogP contribution < -0.4 is 10.2 Å². The van der Waals surface area contributed by atoms with Crippen LogP contribution in [0.5, 0.6) is 17.2 Å². The Morgan fingerprint density at radius 3 is 2.67 bits per heavy atom. The summed E-state index contributed by atoms with van der Waals surface area (Å²) in [5.74, 6) is -1.35. The van der Waals surface area contributed by atoms with E-state index >= 15 is 0 Å². The van der Waals surface area contributed by atoms with Gasteiger partial charge < -0.3 is 14.9 Å². The summed E-state index contributed by atoms with van der Waals surface area (Å²) in [5.41, 5.74) is 1.84. The zero-order valence-electron chi connectivity index (χ0n) is 12.5. The van der Waals surface area contributed by atoms with Crippen molar-refractivity contribution in [2.45, 2.75) is 0 Å². The number of phenols is 2. The summed E-state index contributed by atoms with van der Waals surface area (Å²) in [6.07, 6.45) is 1.03. The number of aromatic hydroxyl groups is 2. The number of amides is 1. The molecule has 9 nitrogen and oxygen atoms in total. The molecule has 0 aliphatic rings. The van der Waals surface area contributed by atoms with Crippen molar-refractivity contribution in [2.75, 3.05) is 7.11 Å². The van der Waals surface area contributed by atoms with Crippen LogP contribution in [0.25, 0.3) is 0 Å². The Balaban J connectivity index is 2.23. The van der Waals surface area contributed by atoms with Crippen LogP contribution in [0.4, 0.5) is 5.69 Å². The lowest BCUT2D eigenvalue weighted by molar-refractivity contribution is -0.385. The van der Waals surface area contributed by atoms with E-state index in [1.165, 1.54) is 19.2 Å². The van der Waals surface area contributed by atoms with Crippen LogP contribution in [0.2, 0.25) is 0 Å². The molecular weight excluding hydrogens is 318 g/mol. The van der Waals surface area contributed by atoms with Crippen molar-refractivity contribution < 1.29 is 24.7 Å². The van der Waals surface area contributed by atoms with Crippen molar-refractivity contribution >= 4 is 17.8 Å². The van der Waals surface area contributed by atoms with Crippen molar-refractivity contribution in [3.8, 4) is 17.2 Å². The monoisotopic (exact) mass is 331 g/mol. The summed E-state index contributed by atoms with van der Waals surface area (Å²) in [6.45, 7) is 0. The Bertz CT molecular complexity index is 819. The third-order valence-electron chi connectivity index (χ3n) is 3.04. The first kappa shape index (κ1) is 16.7. The van der Waals surface area contributed by atoms with Gasteiger partial charge in [0.25, 0.3) is 11.6 Å². The standard InChI is InChI=1S/C15H13N3O6/c1-24-13-7-10(18(22)23)6-9(14(13)20)8-16-17-15(21)11-4-2-3-5-12(11)19/h2-8,19-20H,1H3,(H,17,21)/b16-8-. The molecule has 0 fully saturated rings. The van der Waals surface area contributed by atoms with Crippen LogP contribution in [0.1, 0.15) is 15.9 Å². The van der Waals surface area contributed by atoms with E-state index in [0.29, 0.717) is 0 Å². The quantitative estimate of drug-likeness (QED) is 0.434. The number of non-ortho nitro benzene ring substituents is 1. The number of hydrogen-bond donors (Lipinski definition) is 3. The molecule has 0 aromatic heterocycles. The van der Waals surface area contributed by atoms with Gasteiger partial charge in [0.15, 0.2) is 11.5 Å². The number of nitro groups is 1. The summed E-state index contributed by atoms with van der Waals surface area (Å²) in [6, 6.07) is 8.00. The third kappa shape index (κ3) is 3.58. The predicted molar refractivity (Wildman–Crippen MR) is 84.5 cm³/mol. The van der Waals surface area contributed by atoms with Gasteiger partial charge in [0.1, 0.15) is 5.75 Å². The molecule has 9 heteroatoms. The summed E-state index contributed by atoms with van der Waals surface area (Å²) >= 11 is 0. The molecule has 0 saturated heterocycles. The van der Waals surface area contributed by atoms with Gasteiger partial charge in [-0.25, -0.2) is 5.43 Å². The number of carbonyl (C=O) groups is 1. The van der Waals surface area contributed by atoms with Crippen LogP contribution in [0, 0.1) is 10.1 Å². The van der Waals surface area contributed by atoms with Gasteiger partial charge in [0, 0.05) is 11.6 Å². The molecule has 0 atom stereocenters. The fourth-order valence-electron chi connectivity index (χ4n) is 1.86. The maximum Gasteiger partial charge on any atom is 0.275 e. The SMILES string of the molecule is COc1cc([N+](=O)[O-])cc(/C=N\NC(=O)c2ccccc2O)c1O. The number of rotatable bonds is 5. The minimum Gasteiger partial charge on any atom is -0.507 e. The Morgan fingerprint density at radius 2 is 2.04 bits per heavy atom. The first-order valence-corrected chi connectivity index (χ1v) is 6.60. The zero-order valence-corrected chi connectivity index (χ0v) is 12.5. The zero-order chi connectivity index (χ0) is 17.7. The number of hydrazone groups is 1. The van der Waals surface area contributed by atoms with E-state index in [1.807, 2.05) is 0 Å². The van der Waals surface area contributed by atoms with Gasteiger partial charge in [0.2, 0.25) is 0 Å². The lowest BCUT2D eigenvalue weighted by atomic mass is 10.1. The van der Waals surface area contributed by atoms with Crippen LogP contribution in [0.3, 0.4) is 0 Å². The number of hydrogen-bond acceptors (Lipinski definition) is 7. The van der Waals surface area contributed by atoms with Gasteiger partial charge >= 0.3 is 0 Å². The van der Waals surface area contributed by atoms with Crippen molar-refractivity contribution in [1.29, 1.82) is 0 Å². The van der Waals surface area contributed by atoms with E-state index in [2.05, 4.69) is 10.5 Å². The fourth-order valence-corrected chi connectivity index (χ4v) is 1.86. The van der Waals surface area contributed by atoms with Crippen molar-refractivity contribution in [3.63, 3.8) is 0 Å². The van der Waals surface area contributed by atoms with Crippen molar-refractivity contribution in [2.24, 2.45) is 5.10 Å². The predicted octanol–water partition coefficient (Wildman–Crippen LogP) is 1.78. The highest BCUT2D eigenvalue weighted by molar-refractivity contribution is 5.97. The van der Waals surface area contributed by atoms with Crippen LogP contribution in [0.15, 0.2) is 41.5 Å². The van der Waals surface area contributed by atoms with E-state index in [0.717, 1.165) is 18.3 Å². The average Bonchev–Trinajstić information content (AvgIpc) is 2.56. The number of nitro benzene ring substituents is 1. The number of nitrogens with one attached hydrogen (secondary N) is 1. The number of nitrogens with zero attached hydrogens (tertiary/aromatic N) is 2. The first-order valence-electron chi connectivity index (χ1n) is 6.60. The maximum atomic E-state index is 11.9. The van der Waals surface area contributed by atoms with Gasteiger partial charge in [-0.05, 0) is 12.1 Å². The Hall–Kier alpha value is -3.62. The molecule has 3 N–H and O–H groups in total. The molecule has 0 saturated carbocycles. The molecule has 0 heterocycles. The summed E-state index contributed by atoms with van der Waals surface area (Å²) in [5, 5.41) is 34.0. The van der Waals surface area contributed by atoms with Gasteiger partial charge in [-0.15, -0.1) is 0 Å². The van der Waals surface area contributed by atoms with E-state index in [4.69, 9.17) is 4.74 Å². The highest BCUT2D eigenvalue weighted by atomic mass is 16.6. The van der Waals surface area contributed by atoms with Crippen LogP contribution in [-0.2, 0) is 0 Å². The van der Waals surface area contributed by atoms with Gasteiger partial charge in [-0.3, -0.25) is 14.9 Å². The molecule has 0 aliphatic carbocycles. The smallest absolute Gasteiger partial charge is 0.275 e. The van der Waals surface area contributed by atoms with Gasteiger partial charge in [-0.2, -0.15) is 5.10 Å². The molecule has 0 unspecified atom stereocenters. The van der Waals surface area contributed by atoms with E-state index < -0.39 is 10.8 Å². The summed E-state index contributed by atoms with van der Waals surface area (Å²) in [4.78, 5) is 22.1. The molecule has 0 spiro atoms. The first-order chi connectivity index (χ1) is 11.4. The Labute approximate surface area is 136 Å². The second-order valence-corrected chi connectivity index (χ2v) is 4.56. The summed E-state index contributed by atoms with van der Waals surface area (Å²) in [7, 11) is 1.25. The number of carbonyl (C=O) groups excluding carboxylic acids is 1. The third-order valence-corrected chi connectivity index (χ3v) is 3.04. The molecular formula is C15H13N3O6. The molecule has 2 rings (SSSR count). The fraction of sp³-hybridized carbons (Fsp3) is 0.0667. The molecule has 24 heavy (non-hydrogen) atoms. The molecule has 124 valence electrons.